The van der Waals surface area contributed by atoms with E-state index >= 15 is 0 Å². The third-order valence-corrected chi connectivity index (χ3v) is 4.29. The number of nitrogens with zero attached hydrogens (tertiary/aromatic N) is 3. The highest BCUT2D eigenvalue weighted by Gasteiger charge is 2.43. The second kappa shape index (κ2) is 5.54. The normalized spacial score (nSPS) is 28.5. The molecule has 5 N–H and O–H groups in total. The van der Waals surface area contributed by atoms with Crippen LogP contribution in [0.3, 0.4) is 0 Å². The molecule has 0 saturated carbocycles. The Labute approximate surface area is 130 Å². The number of fused-ring (bicyclic) bond motifs is 1. The van der Waals surface area contributed by atoms with Gasteiger partial charge in [0.15, 0.2) is 17.4 Å². The first-order valence-electron chi connectivity index (χ1n) is 6.87. The molecule has 1 saturated heterocycles. The van der Waals surface area contributed by atoms with Crippen LogP contribution in [0.1, 0.15) is 19.0 Å². The predicted molar refractivity (Wildman–Crippen MR) is 81.7 cm³/mol. The van der Waals surface area contributed by atoms with E-state index in [2.05, 4.69) is 27.6 Å². The Hall–Kier alpha value is -1.62. The van der Waals surface area contributed by atoms with Crippen molar-refractivity contribution in [3.8, 4) is 0 Å². The van der Waals surface area contributed by atoms with Crippen molar-refractivity contribution in [3.63, 3.8) is 0 Å². The van der Waals surface area contributed by atoms with Crippen LogP contribution in [-0.2, 0) is 11.2 Å². The van der Waals surface area contributed by atoms with Crippen molar-refractivity contribution in [2.75, 3.05) is 12.3 Å². The second-order valence-electron chi connectivity index (χ2n) is 5.10. The maximum absolute atomic E-state index is 12.0. The Morgan fingerprint density at radius 2 is 2.23 bits per heavy atom. The number of aliphatic hydroxyl groups is 2. The molecule has 4 atom stereocenters. The van der Waals surface area contributed by atoms with Crippen molar-refractivity contribution in [1.29, 1.82) is 0 Å². The number of aliphatic hydroxyl groups excluding tert-OH is 2. The average molecular weight is 327 g/mol. The third kappa shape index (κ3) is 2.19. The number of rotatable bonds is 3. The number of hydrogen-bond acceptors (Lipinski definition) is 8. The lowest BCUT2D eigenvalue weighted by atomic mass is 10.2. The Balaban J connectivity index is 2.20. The predicted octanol–water partition coefficient (Wildman–Crippen LogP) is -1.19. The summed E-state index contributed by atoms with van der Waals surface area (Å²) in [6.07, 6.45) is -1.88. The highest BCUT2D eigenvalue weighted by Crippen LogP contribution is 2.35. The van der Waals surface area contributed by atoms with Crippen molar-refractivity contribution in [2.24, 2.45) is 0 Å². The van der Waals surface area contributed by atoms with Gasteiger partial charge in [-0.1, -0.05) is 6.92 Å². The molecule has 120 valence electrons. The first kappa shape index (κ1) is 15.3. The smallest absolute Gasteiger partial charge is 0.280 e. The monoisotopic (exact) mass is 327 g/mol. The minimum Gasteiger partial charge on any atom is -0.394 e. The van der Waals surface area contributed by atoms with E-state index in [-0.39, 0.29) is 23.7 Å². The molecular formula is C12H17N5O4S. The molecule has 0 spiro atoms. The number of aromatic nitrogens is 4. The maximum atomic E-state index is 12.0. The summed E-state index contributed by atoms with van der Waals surface area (Å²) in [5, 5.41) is 18.7. The number of nitrogen functional groups attached to an aromatic ring is 1. The highest BCUT2D eigenvalue weighted by molar-refractivity contribution is 7.81. The van der Waals surface area contributed by atoms with Crippen LogP contribution < -0.4 is 11.3 Å². The number of aryl methyl sites for hydroxylation is 1. The van der Waals surface area contributed by atoms with Crippen LogP contribution >= 0.6 is 12.6 Å². The Morgan fingerprint density at radius 1 is 1.50 bits per heavy atom. The molecular weight excluding hydrogens is 310 g/mol. The fourth-order valence-corrected chi connectivity index (χ4v) is 3.05. The van der Waals surface area contributed by atoms with Crippen LogP contribution in [0.2, 0.25) is 0 Å². The van der Waals surface area contributed by atoms with E-state index in [0.29, 0.717) is 12.2 Å². The second-order valence-corrected chi connectivity index (χ2v) is 5.70. The fraction of sp³-hybridized carbons (Fsp3) is 0.583. The Bertz CT molecular complexity index is 760. The van der Waals surface area contributed by atoms with Gasteiger partial charge in [0.05, 0.1) is 18.0 Å². The van der Waals surface area contributed by atoms with Crippen molar-refractivity contribution >= 4 is 29.7 Å². The summed E-state index contributed by atoms with van der Waals surface area (Å²) in [6.45, 7) is 1.54. The quantitative estimate of drug-likeness (QED) is 0.447. The summed E-state index contributed by atoms with van der Waals surface area (Å²) in [6, 6.07) is 0. The van der Waals surface area contributed by atoms with E-state index in [1.54, 1.807) is 4.57 Å². The molecule has 9 nitrogen and oxygen atoms in total. The molecule has 0 bridgehead atoms. The summed E-state index contributed by atoms with van der Waals surface area (Å²) >= 11 is 4.37. The number of aromatic amines is 1. The van der Waals surface area contributed by atoms with Gasteiger partial charge in [-0.2, -0.15) is 17.6 Å². The van der Waals surface area contributed by atoms with Crippen molar-refractivity contribution in [3.05, 3.63) is 16.2 Å². The number of thiol groups is 1. The zero-order valence-corrected chi connectivity index (χ0v) is 12.7. The molecule has 3 rings (SSSR count). The van der Waals surface area contributed by atoms with Crippen LogP contribution in [0.15, 0.2) is 4.79 Å². The van der Waals surface area contributed by atoms with Gasteiger partial charge < -0.3 is 20.7 Å². The zero-order valence-electron chi connectivity index (χ0n) is 11.8. The summed E-state index contributed by atoms with van der Waals surface area (Å²) in [7, 11) is 0. The summed E-state index contributed by atoms with van der Waals surface area (Å²) in [5.41, 5.74) is 5.58. The van der Waals surface area contributed by atoms with E-state index in [9.17, 15) is 15.0 Å². The molecule has 0 amide bonds. The maximum Gasteiger partial charge on any atom is 0.280 e. The Kier molecular flexibility index (Phi) is 3.85. The van der Waals surface area contributed by atoms with E-state index in [1.165, 1.54) is 0 Å². The van der Waals surface area contributed by atoms with Gasteiger partial charge in [-0.15, -0.1) is 0 Å². The molecule has 1 aliphatic rings. The van der Waals surface area contributed by atoms with E-state index in [0.717, 1.165) is 0 Å². The van der Waals surface area contributed by atoms with E-state index in [4.69, 9.17) is 10.5 Å². The standard InChI is InChI=1S/C12H17N5O4S/c1-2-5-14-6-9(15-12(13)16-10(6)20)17(5)11-8(22)7(19)4(3-18)21-11/h4,7-8,11,18-19,22H,2-3H2,1H3,(H3,13,15,16,20)/t4-,7-,8-,11-/m1/s1. The molecule has 0 aromatic carbocycles. The minimum atomic E-state index is -0.945. The number of nitrogens with one attached hydrogen (secondary N) is 1. The van der Waals surface area contributed by atoms with Gasteiger partial charge in [0.2, 0.25) is 5.95 Å². The fourth-order valence-electron chi connectivity index (χ4n) is 2.66. The molecule has 3 heterocycles. The molecule has 1 aliphatic heterocycles. The van der Waals surface area contributed by atoms with Gasteiger partial charge in [-0.3, -0.25) is 14.3 Å². The van der Waals surface area contributed by atoms with Gasteiger partial charge in [0, 0.05) is 6.42 Å². The number of nitrogens with two attached hydrogens (primary N) is 1. The topological polar surface area (TPSA) is 139 Å². The molecule has 0 aliphatic carbocycles. The van der Waals surface area contributed by atoms with Gasteiger partial charge in [-0.05, 0) is 0 Å². The van der Waals surface area contributed by atoms with Crippen LogP contribution in [0.4, 0.5) is 5.95 Å². The van der Waals surface area contributed by atoms with Crippen molar-refractivity contribution < 1.29 is 14.9 Å². The van der Waals surface area contributed by atoms with Gasteiger partial charge in [-0.25, -0.2) is 4.98 Å². The van der Waals surface area contributed by atoms with E-state index < -0.39 is 29.2 Å². The molecule has 0 radical (unpaired) electrons. The number of hydrogen-bond donors (Lipinski definition) is 5. The van der Waals surface area contributed by atoms with Gasteiger partial charge >= 0.3 is 0 Å². The van der Waals surface area contributed by atoms with E-state index in [1.807, 2.05) is 6.92 Å². The van der Waals surface area contributed by atoms with Crippen LogP contribution in [-0.4, -0.2) is 53.8 Å². The lowest BCUT2D eigenvalue weighted by Crippen LogP contribution is -2.30. The zero-order chi connectivity index (χ0) is 16.0. The molecule has 1 fully saturated rings. The lowest BCUT2D eigenvalue weighted by Gasteiger charge is -2.19. The lowest BCUT2D eigenvalue weighted by molar-refractivity contribution is -0.0438. The third-order valence-electron chi connectivity index (χ3n) is 3.73. The number of H-pyrrole nitrogens is 1. The van der Waals surface area contributed by atoms with Crippen LogP contribution in [0.25, 0.3) is 11.2 Å². The molecule has 22 heavy (non-hydrogen) atoms. The van der Waals surface area contributed by atoms with Crippen molar-refractivity contribution in [1.82, 2.24) is 19.5 Å². The first-order valence-corrected chi connectivity index (χ1v) is 7.38. The highest BCUT2D eigenvalue weighted by atomic mass is 32.1. The van der Waals surface area contributed by atoms with Crippen molar-refractivity contribution in [2.45, 2.75) is 37.0 Å². The summed E-state index contributed by atoms with van der Waals surface area (Å²) < 4.78 is 7.27. The van der Waals surface area contributed by atoms with Crippen LogP contribution in [0, 0.1) is 0 Å². The summed E-state index contributed by atoms with van der Waals surface area (Å²) in [4.78, 5) is 22.8. The van der Waals surface area contributed by atoms with Crippen LogP contribution in [0.5, 0.6) is 0 Å². The number of anilines is 1. The SMILES string of the molecule is CCc1nc2c(=O)[nH]c(N)nc2n1[C@@H]1O[C@H](CO)[C@@H](O)[C@H]1S. The minimum absolute atomic E-state index is 0.0331. The molecule has 10 heteroatoms. The molecule has 0 unspecified atom stereocenters. The molecule has 2 aromatic heterocycles. The first-order chi connectivity index (χ1) is 10.5. The molecule has 2 aromatic rings. The number of imidazole rings is 1. The van der Waals surface area contributed by atoms with Gasteiger partial charge in [0.1, 0.15) is 11.9 Å². The number of ether oxygens (including phenoxy) is 1. The Morgan fingerprint density at radius 3 is 2.82 bits per heavy atom. The average Bonchev–Trinajstić information content (AvgIpc) is 2.98. The largest absolute Gasteiger partial charge is 0.394 e. The van der Waals surface area contributed by atoms with Gasteiger partial charge in [0.25, 0.3) is 5.56 Å². The summed E-state index contributed by atoms with van der Waals surface area (Å²) in [5.74, 6) is 0.530.